The minimum atomic E-state index is -0.605. The van der Waals surface area contributed by atoms with Crippen LogP contribution < -0.4 is 15.8 Å². The third kappa shape index (κ3) is 3.77. The number of nitrogens with one attached hydrogen (secondary N) is 1. The molecule has 0 bridgehead atoms. The lowest BCUT2D eigenvalue weighted by molar-refractivity contribution is 0.102. The summed E-state index contributed by atoms with van der Waals surface area (Å²) in [5, 5.41) is 14.1. The van der Waals surface area contributed by atoms with Gasteiger partial charge < -0.3 is 19.9 Å². The minimum absolute atomic E-state index is 0.209. The van der Waals surface area contributed by atoms with Gasteiger partial charge in [0.05, 0.1) is 5.52 Å². The van der Waals surface area contributed by atoms with E-state index in [0.717, 1.165) is 5.69 Å². The van der Waals surface area contributed by atoms with Crippen LogP contribution in [0.2, 0.25) is 0 Å². The normalized spacial score (nSPS) is 13.6. The molecule has 2 N–H and O–H groups in total. The van der Waals surface area contributed by atoms with Gasteiger partial charge in [-0.1, -0.05) is 32.0 Å². The fourth-order valence-electron chi connectivity index (χ4n) is 3.81. The molecule has 6 nitrogen and oxygen atoms in total. The van der Waals surface area contributed by atoms with Crippen LogP contribution in [-0.2, 0) is 6.54 Å². The van der Waals surface area contributed by atoms with Gasteiger partial charge in [-0.15, -0.1) is 0 Å². The van der Waals surface area contributed by atoms with E-state index in [1.807, 2.05) is 45.2 Å². The van der Waals surface area contributed by atoms with Crippen LogP contribution in [0.25, 0.3) is 10.9 Å². The average Bonchev–Trinajstić information content (AvgIpc) is 3.56. The van der Waals surface area contributed by atoms with Crippen molar-refractivity contribution in [2.24, 2.45) is 5.92 Å². The highest BCUT2D eigenvalue weighted by atomic mass is 16.3. The van der Waals surface area contributed by atoms with E-state index in [0.29, 0.717) is 29.2 Å². The van der Waals surface area contributed by atoms with Crippen LogP contribution in [-0.4, -0.2) is 28.7 Å². The topological polar surface area (TPSA) is 74.6 Å². The Labute approximate surface area is 175 Å². The number of carbonyl (C=O) groups excluding carboxylic acids is 1. The zero-order valence-electron chi connectivity index (χ0n) is 17.6. The fourth-order valence-corrected chi connectivity index (χ4v) is 3.81. The Morgan fingerprint density at radius 3 is 2.63 bits per heavy atom. The van der Waals surface area contributed by atoms with Crippen molar-refractivity contribution in [3.63, 3.8) is 0 Å². The number of rotatable bonds is 6. The molecule has 1 saturated carbocycles. The number of aromatic hydroxyl groups is 1. The van der Waals surface area contributed by atoms with E-state index in [1.54, 1.807) is 28.8 Å². The van der Waals surface area contributed by atoms with E-state index >= 15 is 0 Å². The van der Waals surface area contributed by atoms with Gasteiger partial charge in [0.25, 0.3) is 11.5 Å². The van der Waals surface area contributed by atoms with Crippen LogP contribution in [0.5, 0.6) is 5.75 Å². The molecule has 1 aliphatic carbocycles. The van der Waals surface area contributed by atoms with Crippen LogP contribution in [0, 0.1) is 5.92 Å². The smallest absolute Gasteiger partial charge is 0.267 e. The molecule has 1 aromatic heterocycles. The molecule has 0 atom stereocenters. The Kier molecular flexibility index (Phi) is 5.24. The zero-order valence-corrected chi connectivity index (χ0v) is 17.6. The van der Waals surface area contributed by atoms with Crippen molar-refractivity contribution in [2.75, 3.05) is 17.3 Å². The lowest BCUT2D eigenvalue weighted by Gasteiger charge is -2.20. The van der Waals surface area contributed by atoms with Gasteiger partial charge in [-0.2, -0.15) is 0 Å². The van der Waals surface area contributed by atoms with Gasteiger partial charge in [0.15, 0.2) is 0 Å². The molecule has 6 heteroatoms. The summed E-state index contributed by atoms with van der Waals surface area (Å²) < 4.78 is 1.58. The van der Waals surface area contributed by atoms with Crippen LogP contribution in [0.15, 0.2) is 53.3 Å². The highest BCUT2D eigenvalue weighted by Crippen LogP contribution is 2.32. The lowest BCUT2D eigenvalue weighted by Crippen LogP contribution is -2.31. The molecule has 0 aliphatic heterocycles. The molecule has 4 rings (SSSR count). The number of para-hydroxylation sites is 1. The van der Waals surface area contributed by atoms with Gasteiger partial charge in [0.2, 0.25) is 0 Å². The molecular formula is C24H27N3O3. The number of hydrogen-bond acceptors (Lipinski definition) is 4. The molecule has 1 aliphatic rings. The number of carbonyl (C=O) groups is 1. The number of hydrogen-bond donors (Lipinski definition) is 2. The largest absolute Gasteiger partial charge is 0.506 e. The molecule has 1 amide bonds. The number of fused-ring (bicyclic) bond motifs is 1. The van der Waals surface area contributed by atoms with Crippen LogP contribution in [0.3, 0.4) is 0 Å². The molecule has 156 valence electrons. The SMILES string of the molecule is CC(C)Cn1c(=O)c(C(=O)Nc2cccc(N(C)C3CC3)c2)c(O)c2ccccc21. The summed E-state index contributed by atoms with van der Waals surface area (Å²) in [6.45, 7) is 4.48. The second-order valence-electron chi connectivity index (χ2n) is 8.40. The Hall–Kier alpha value is -3.28. The van der Waals surface area contributed by atoms with Gasteiger partial charge >= 0.3 is 0 Å². The monoisotopic (exact) mass is 405 g/mol. The molecule has 0 radical (unpaired) electrons. The molecule has 30 heavy (non-hydrogen) atoms. The number of benzene rings is 2. The summed E-state index contributed by atoms with van der Waals surface area (Å²) in [6, 6.07) is 15.2. The molecular weight excluding hydrogens is 378 g/mol. The Morgan fingerprint density at radius 2 is 1.93 bits per heavy atom. The molecule has 1 heterocycles. The standard InChI is InChI=1S/C24H27N3O3/c1-15(2)14-27-20-10-5-4-9-19(20)22(28)21(24(27)30)23(29)25-16-7-6-8-18(13-16)26(3)17-11-12-17/h4-10,13,15,17,28H,11-12,14H2,1-3H3,(H,25,29). The minimum Gasteiger partial charge on any atom is -0.506 e. The van der Waals surface area contributed by atoms with E-state index in [2.05, 4.69) is 10.2 Å². The van der Waals surface area contributed by atoms with Gasteiger partial charge in [-0.3, -0.25) is 9.59 Å². The Morgan fingerprint density at radius 1 is 1.20 bits per heavy atom. The van der Waals surface area contributed by atoms with Crippen molar-refractivity contribution in [1.29, 1.82) is 0 Å². The molecule has 1 fully saturated rings. The van der Waals surface area contributed by atoms with Crippen molar-refractivity contribution >= 4 is 28.2 Å². The van der Waals surface area contributed by atoms with Crippen LogP contribution in [0.1, 0.15) is 37.0 Å². The average molecular weight is 405 g/mol. The summed E-state index contributed by atoms with van der Waals surface area (Å²) >= 11 is 0. The van der Waals surface area contributed by atoms with Gasteiger partial charge in [-0.05, 0) is 49.1 Å². The quantitative estimate of drug-likeness (QED) is 0.644. The molecule has 2 aromatic carbocycles. The van der Waals surface area contributed by atoms with E-state index in [-0.39, 0.29) is 17.2 Å². The van der Waals surface area contributed by atoms with Crippen molar-refractivity contribution < 1.29 is 9.90 Å². The summed E-state index contributed by atoms with van der Waals surface area (Å²) in [6.07, 6.45) is 2.35. The first-order valence-electron chi connectivity index (χ1n) is 10.4. The molecule has 3 aromatic rings. The lowest BCUT2D eigenvalue weighted by atomic mass is 10.1. The molecule has 0 unspecified atom stereocenters. The highest BCUT2D eigenvalue weighted by molar-refractivity contribution is 6.09. The number of anilines is 2. The number of pyridine rings is 1. The second kappa shape index (κ2) is 7.86. The third-order valence-corrected chi connectivity index (χ3v) is 5.53. The summed E-state index contributed by atoms with van der Waals surface area (Å²) in [4.78, 5) is 28.4. The zero-order chi connectivity index (χ0) is 21.4. The van der Waals surface area contributed by atoms with E-state index < -0.39 is 11.5 Å². The fraction of sp³-hybridized carbons (Fsp3) is 0.333. The summed E-state index contributed by atoms with van der Waals surface area (Å²) in [7, 11) is 2.04. The summed E-state index contributed by atoms with van der Waals surface area (Å²) in [5.41, 5.74) is 1.51. The van der Waals surface area contributed by atoms with Crippen molar-refractivity contribution in [2.45, 2.75) is 39.3 Å². The third-order valence-electron chi connectivity index (χ3n) is 5.53. The number of aromatic nitrogens is 1. The number of nitrogens with zero attached hydrogens (tertiary/aromatic N) is 2. The first kappa shape index (κ1) is 20.0. The van der Waals surface area contributed by atoms with Crippen molar-refractivity contribution in [1.82, 2.24) is 4.57 Å². The maximum Gasteiger partial charge on any atom is 0.267 e. The van der Waals surface area contributed by atoms with E-state index in [9.17, 15) is 14.7 Å². The van der Waals surface area contributed by atoms with Gasteiger partial charge in [0, 0.05) is 36.4 Å². The predicted molar refractivity (Wildman–Crippen MR) is 121 cm³/mol. The summed E-state index contributed by atoms with van der Waals surface area (Å²) in [5.74, 6) is -0.674. The van der Waals surface area contributed by atoms with Crippen LogP contribution >= 0.6 is 0 Å². The van der Waals surface area contributed by atoms with Crippen molar-refractivity contribution in [3.8, 4) is 5.75 Å². The maximum atomic E-state index is 13.2. The van der Waals surface area contributed by atoms with Crippen molar-refractivity contribution in [3.05, 3.63) is 64.4 Å². The van der Waals surface area contributed by atoms with Gasteiger partial charge in [0.1, 0.15) is 11.3 Å². The van der Waals surface area contributed by atoms with Crippen LogP contribution in [0.4, 0.5) is 11.4 Å². The van der Waals surface area contributed by atoms with Gasteiger partial charge in [-0.25, -0.2) is 0 Å². The maximum absolute atomic E-state index is 13.2. The highest BCUT2D eigenvalue weighted by Gasteiger charge is 2.27. The molecule has 0 saturated heterocycles. The first-order chi connectivity index (χ1) is 14.4. The Balaban J connectivity index is 1.73. The molecule has 0 spiro atoms. The Bertz CT molecular complexity index is 1160. The second-order valence-corrected chi connectivity index (χ2v) is 8.40. The van der Waals surface area contributed by atoms with E-state index in [4.69, 9.17) is 0 Å². The number of amides is 1. The van der Waals surface area contributed by atoms with E-state index in [1.165, 1.54) is 12.8 Å². The predicted octanol–water partition coefficient (Wildman–Crippen LogP) is 4.21. The first-order valence-corrected chi connectivity index (χ1v) is 10.4.